The predicted octanol–water partition coefficient (Wildman–Crippen LogP) is 2.82. The maximum atomic E-state index is 12.3. The van der Waals surface area contributed by atoms with Crippen molar-refractivity contribution >= 4 is 11.8 Å². The molecule has 1 saturated heterocycles. The average Bonchev–Trinajstić information content (AvgIpc) is 2.94. The molecule has 1 unspecified atom stereocenters. The van der Waals surface area contributed by atoms with Gasteiger partial charge in [-0.05, 0) is 30.2 Å². The number of hydrogen-bond acceptors (Lipinski definition) is 3. The Labute approximate surface area is 131 Å². The third-order valence-corrected chi connectivity index (χ3v) is 5.13. The number of aliphatic hydroxyl groups excluding tert-OH is 1. The van der Waals surface area contributed by atoms with Crippen molar-refractivity contribution in [3.63, 3.8) is 0 Å². The molecule has 1 saturated carbocycles. The van der Waals surface area contributed by atoms with E-state index in [1.165, 1.54) is 4.90 Å². The molecule has 0 aromatic heterocycles. The number of amides is 2. The molecule has 1 N–H and O–H groups in total. The normalized spacial score (nSPS) is 22.3. The molecule has 2 aliphatic rings. The maximum Gasteiger partial charge on any atom is 0.229 e. The molecule has 0 bridgehead atoms. The Morgan fingerprint density at radius 2 is 1.64 bits per heavy atom. The van der Waals surface area contributed by atoms with E-state index in [2.05, 4.69) is 0 Å². The smallest absolute Gasteiger partial charge is 0.229 e. The zero-order valence-corrected chi connectivity index (χ0v) is 12.8. The number of benzene rings is 1. The van der Waals surface area contributed by atoms with Gasteiger partial charge in [0.05, 0.1) is 6.10 Å². The van der Waals surface area contributed by atoms with Gasteiger partial charge in [0.1, 0.15) is 0 Å². The molecular formula is C18H23NO3. The highest BCUT2D eigenvalue weighted by Crippen LogP contribution is 2.46. The van der Waals surface area contributed by atoms with Gasteiger partial charge in [-0.25, -0.2) is 0 Å². The first-order valence-corrected chi connectivity index (χ1v) is 8.16. The Morgan fingerprint density at radius 1 is 1.05 bits per heavy atom. The highest BCUT2D eigenvalue weighted by molar-refractivity contribution is 5.98. The fourth-order valence-corrected chi connectivity index (χ4v) is 3.86. The molecule has 4 heteroatoms. The van der Waals surface area contributed by atoms with Crippen LogP contribution < -0.4 is 0 Å². The second-order valence-electron chi connectivity index (χ2n) is 6.71. The van der Waals surface area contributed by atoms with Gasteiger partial charge in [0, 0.05) is 19.4 Å². The quantitative estimate of drug-likeness (QED) is 0.870. The molecule has 1 aliphatic heterocycles. The largest absolute Gasteiger partial charge is 0.388 e. The van der Waals surface area contributed by atoms with Crippen LogP contribution in [-0.2, 0) is 9.59 Å². The van der Waals surface area contributed by atoms with Crippen molar-refractivity contribution < 1.29 is 14.7 Å². The van der Waals surface area contributed by atoms with Gasteiger partial charge in [0.15, 0.2) is 0 Å². The molecule has 2 fully saturated rings. The van der Waals surface area contributed by atoms with Crippen LogP contribution in [0.3, 0.4) is 0 Å². The van der Waals surface area contributed by atoms with Crippen molar-refractivity contribution in [2.75, 3.05) is 6.54 Å². The van der Waals surface area contributed by atoms with Crippen molar-refractivity contribution in [1.82, 2.24) is 4.90 Å². The van der Waals surface area contributed by atoms with Crippen LogP contribution in [-0.4, -0.2) is 28.4 Å². The molecule has 1 heterocycles. The van der Waals surface area contributed by atoms with Crippen LogP contribution in [0, 0.1) is 5.41 Å². The minimum atomic E-state index is -0.635. The minimum Gasteiger partial charge on any atom is -0.388 e. The summed E-state index contributed by atoms with van der Waals surface area (Å²) in [5, 5.41) is 10.2. The Bertz CT molecular complexity index is 529. The standard InChI is InChI=1S/C18H23NO3/c20-15(14-6-2-1-3-7-14)8-11-19-16(21)12-18(13-17(19)22)9-4-5-10-18/h1-3,6-7,15,20H,4-5,8-13H2. The molecule has 118 valence electrons. The summed E-state index contributed by atoms with van der Waals surface area (Å²) < 4.78 is 0. The molecule has 1 aromatic rings. The Hall–Kier alpha value is -1.68. The van der Waals surface area contributed by atoms with Gasteiger partial charge in [0.2, 0.25) is 11.8 Å². The van der Waals surface area contributed by atoms with E-state index in [1.807, 2.05) is 30.3 Å². The van der Waals surface area contributed by atoms with Crippen LogP contribution in [0.25, 0.3) is 0 Å². The van der Waals surface area contributed by atoms with Gasteiger partial charge in [-0.15, -0.1) is 0 Å². The predicted molar refractivity (Wildman–Crippen MR) is 82.9 cm³/mol. The molecule has 0 radical (unpaired) electrons. The van der Waals surface area contributed by atoms with E-state index in [0.29, 0.717) is 25.8 Å². The average molecular weight is 301 g/mol. The lowest BCUT2D eigenvalue weighted by Gasteiger charge is -2.37. The summed E-state index contributed by atoms with van der Waals surface area (Å²) in [6.07, 6.45) is 5.04. The highest BCUT2D eigenvalue weighted by atomic mass is 16.3. The first-order chi connectivity index (χ1) is 10.6. The van der Waals surface area contributed by atoms with Crippen molar-refractivity contribution in [2.24, 2.45) is 5.41 Å². The number of carbonyl (C=O) groups excluding carboxylic acids is 2. The van der Waals surface area contributed by atoms with E-state index in [1.54, 1.807) is 0 Å². The van der Waals surface area contributed by atoms with Crippen LogP contribution >= 0.6 is 0 Å². The molecule has 4 nitrogen and oxygen atoms in total. The molecule has 1 aliphatic carbocycles. The molecule has 1 atom stereocenters. The minimum absolute atomic E-state index is 0.0529. The summed E-state index contributed by atoms with van der Waals surface area (Å²) in [6, 6.07) is 9.37. The van der Waals surface area contributed by atoms with Crippen LogP contribution in [0.15, 0.2) is 30.3 Å². The fourth-order valence-electron chi connectivity index (χ4n) is 3.86. The summed E-state index contributed by atoms with van der Waals surface area (Å²) in [6.45, 7) is 0.309. The number of likely N-dealkylation sites (tertiary alicyclic amines) is 1. The monoisotopic (exact) mass is 301 g/mol. The van der Waals surface area contributed by atoms with E-state index in [9.17, 15) is 14.7 Å². The number of rotatable bonds is 4. The van der Waals surface area contributed by atoms with Crippen molar-refractivity contribution in [3.8, 4) is 0 Å². The van der Waals surface area contributed by atoms with Gasteiger partial charge < -0.3 is 5.11 Å². The topological polar surface area (TPSA) is 57.6 Å². The lowest BCUT2D eigenvalue weighted by molar-refractivity contribution is -0.153. The molecule has 2 amide bonds. The molecular weight excluding hydrogens is 278 g/mol. The Kier molecular flexibility index (Phi) is 4.30. The zero-order valence-electron chi connectivity index (χ0n) is 12.8. The third-order valence-electron chi connectivity index (χ3n) is 5.13. The first-order valence-electron chi connectivity index (χ1n) is 8.16. The van der Waals surface area contributed by atoms with E-state index in [-0.39, 0.29) is 17.2 Å². The summed E-state index contributed by atoms with van der Waals surface area (Å²) in [4.78, 5) is 26.0. The van der Waals surface area contributed by atoms with Crippen molar-refractivity contribution in [1.29, 1.82) is 0 Å². The fraction of sp³-hybridized carbons (Fsp3) is 0.556. The summed E-state index contributed by atoms with van der Waals surface area (Å²) in [5.41, 5.74) is 0.773. The van der Waals surface area contributed by atoms with Gasteiger partial charge in [-0.2, -0.15) is 0 Å². The second-order valence-corrected chi connectivity index (χ2v) is 6.71. The molecule has 3 rings (SSSR count). The summed E-state index contributed by atoms with van der Waals surface area (Å²) in [5.74, 6) is -0.114. The van der Waals surface area contributed by atoms with Crippen molar-refractivity contribution in [3.05, 3.63) is 35.9 Å². The lowest BCUT2D eigenvalue weighted by Crippen LogP contribution is -2.47. The third kappa shape index (κ3) is 3.07. The van der Waals surface area contributed by atoms with Gasteiger partial charge >= 0.3 is 0 Å². The van der Waals surface area contributed by atoms with E-state index in [0.717, 1.165) is 31.2 Å². The molecule has 1 aromatic carbocycles. The maximum absolute atomic E-state index is 12.3. The van der Waals surface area contributed by atoms with Crippen LogP contribution in [0.1, 0.15) is 56.6 Å². The van der Waals surface area contributed by atoms with Crippen molar-refractivity contribution in [2.45, 2.75) is 51.0 Å². The summed E-state index contributed by atoms with van der Waals surface area (Å²) in [7, 11) is 0. The first kappa shape index (κ1) is 15.2. The number of piperidine rings is 1. The second kappa shape index (κ2) is 6.21. The molecule has 22 heavy (non-hydrogen) atoms. The number of imide groups is 1. The Balaban J connectivity index is 1.59. The number of carbonyl (C=O) groups is 2. The van der Waals surface area contributed by atoms with Gasteiger partial charge in [-0.3, -0.25) is 14.5 Å². The number of nitrogens with zero attached hydrogens (tertiary/aromatic N) is 1. The lowest BCUT2D eigenvalue weighted by atomic mass is 9.76. The van der Waals surface area contributed by atoms with Gasteiger partial charge in [0.25, 0.3) is 0 Å². The van der Waals surface area contributed by atoms with E-state index in [4.69, 9.17) is 0 Å². The highest BCUT2D eigenvalue weighted by Gasteiger charge is 2.44. The SMILES string of the molecule is O=C1CC2(CCCC2)CC(=O)N1CCC(O)c1ccccc1. The zero-order chi connectivity index (χ0) is 15.6. The number of hydrogen-bond donors (Lipinski definition) is 1. The van der Waals surface area contributed by atoms with Crippen LogP contribution in [0.5, 0.6) is 0 Å². The Morgan fingerprint density at radius 3 is 2.23 bits per heavy atom. The number of aliphatic hydroxyl groups is 1. The summed E-state index contributed by atoms with van der Waals surface area (Å²) >= 11 is 0. The van der Waals surface area contributed by atoms with Crippen LogP contribution in [0.2, 0.25) is 0 Å². The van der Waals surface area contributed by atoms with E-state index >= 15 is 0 Å². The molecule has 1 spiro atoms. The van der Waals surface area contributed by atoms with Crippen LogP contribution in [0.4, 0.5) is 0 Å². The van der Waals surface area contributed by atoms with E-state index < -0.39 is 6.10 Å². The van der Waals surface area contributed by atoms with Gasteiger partial charge in [-0.1, -0.05) is 43.2 Å².